The van der Waals surface area contributed by atoms with E-state index in [1.807, 2.05) is 0 Å². The Bertz CT molecular complexity index is 940. The van der Waals surface area contributed by atoms with E-state index in [0.29, 0.717) is 0 Å². The van der Waals surface area contributed by atoms with Crippen molar-refractivity contribution in [1.82, 2.24) is 0 Å². The third-order valence-corrected chi connectivity index (χ3v) is 19.5. The van der Waals surface area contributed by atoms with Gasteiger partial charge in [0.2, 0.25) is 0 Å². The Balaban J connectivity index is 2.06. The van der Waals surface area contributed by atoms with Crippen LogP contribution in [0.1, 0.15) is 12.5 Å². The Morgan fingerprint density at radius 1 is 0.500 bits per heavy atom. The number of benzene rings is 4. The van der Waals surface area contributed by atoms with Crippen molar-refractivity contribution >= 4 is 35.2 Å². The molecule has 0 amide bonds. The van der Waals surface area contributed by atoms with E-state index in [4.69, 9.17) is 0 Å². The van der Waals surface area contributed by atoms with E-state index in [-0.39, 0.29) is 0 Å². The van der Waals surface area contributed by atoms with E-state index in [2.05, 4.69) is 134 Å². The zero-order chi connectivity index (χ0) is 19.2. The van der Waals surface area contributed by atoms with Crippen LogP contribution in [0.2, 0.25) is 0 Å². The number of allylic oxidation sites excluding steroid dienone is 1. The van der Waals surface area contributed by atoms with Crippen LogP contribution >= 0.6 is 0 Å². The van der Waals surface area contributed by atoms with Gasteiger partial charge < -0.3 is 0 Å². The molecule has 4 aromatic rings. The Labute approximate surface area is 172 Å². The number of hydrogen-bond acceptors (Lipinski definition) is 0. The van der Waals surface area contributed by atoms with E-state index in [9.17, 15) is 0 Å². The average molecular weight is 467 g/mol. The van der Waals surface area contributed by atoms with E-state index in [1.54, 1.807) is 0 Å². The van der Waals surface area contributed by atoms with Crippen molar-refractivity contribution in [3.8, 4) is 0 Å². The molecule has 136 valence electrons. The molecule has 0 heterocycles. The Kier molecular flexibility index (Phi) is 5.78. The van der Waals surface area contributed by atoms with Crippen LogP contribution in [0.5, 0.6) is 0 Å². The third-order valence-electron chi connectivity index (χ3n) is 5.39. The Hall–Kier alpha value is -2.58. The van der Waals surface area contributed by atoms with Gasteiger partial charge in [-0.3, -0.25) is 0 Å². The Morgan fingerprint density at radius 3 is 1.18 bits per heavy atom. The molecule has 0 saturated carbocycles. The molecule has 0 aliphatic rings. The SMILES string of the molecule is C/[C](=C\c1ccccc1)[Sn]([c]1ccccc1)([c]1ccccc1)[c]1ccccc1. The molecule has 0 nitrogen and oxygen atoms in total. The van der Waals surface area contributed by atoms with Crippen LogP contribution in [0.4, 0.5) is 0 Å². The normalized spacial score (nSPS) is 12.0. The minimum atomic E-state index is -3.37. The van der Waals surface area contributed by atoms with Crippen molar-refractivity contribution in [1.29, 1.82) is 0 Å². The average Bonchev–Trinajstić information content (AvgIpc) is 2.77. The minimum absolute atomic E-state index is 1.27. The molecular weight excluding hydrogens is 443 g/mol. The zero-order valence-corrected chi connectivity index (χ0v) is 19.0. The first-order chi connectivity index (χ1) is 13.8. The summed E-state index contributed by atoms with van der Waals surface area (Å²) in [5, 5.41) is 0. The van der Waals surface area contributed by atoms with Gasteiger partial charge in [-0.1, -0.05) is 0 Å². The van der Waals surface area contributed by atoms with Gasteiger partial charge >= 0.3 is 173 Å². The van der Waals surface area contributed by atoms with Gasteiger partial charge in [-0.2, -0.15) is 0 Å². The molecule has 0 aliphatic carbocycles. The quantitative estimate of drug-likeness (QED) is 0.370. The standard InChI is InChI=1S/C9H9.3C6H5.Sn/c1-2-6-9-7-4-3-5-8-9;3*1-2-4-6-5-3-1;/h3-8H,1H3;3*1-5H;. The van der Waals surface area contributed by atoms with Crippen LogP contribution < -0.4 is 10.7 Å². The summed E-state index contributed by atoms with van der Waals surface area (Å²) in [5.74, 6) is 0. The summed E-state index contributed by atoms with van der Waals surface area (Å²) >= 11 is -3.37. The first kappa shape index (κ1) is 18.8. The maximum atomic E-state index is 2.41. The number of hydrogen-bond donors (Lipinski definition) is 0. The second-order valence-corrected chi connectivity index (χ2v) is 18.6. The second kappa shape index (κ2) is 8.62. The second-order valence-electron chi connectivity index (χ2n) is 7.09. The number of rotatable bonds is 5. The maximum absolute atomic E-state index is 3.37. The summed E-state index contributed by atoms with van der Waals surface area (Å²) in [4.78, 5) is 0. The van der Waals surface area contributed by atoms with Gasteiger partial charge in [-0.05, 0) is 0 Å². The van der Waals surface area contributed by atoms with Crippen molar-refractivity contribution in [2.75, 3.05) is 0 Å². The van der Waals surface area contributed by atoms with Gasteiger partial charge in [0.1, 0.15) is 0 Å². The molecule has 28 heavy (non-hydrogen) atoms. The molecule has 0 saturated heterocycles. The van der Waals surface area contributed by atoms with Gasteiger partial charge in [-0.25, -0.2) is 0 Å². The molecule has 0 bridgehead atoms. The van der Waals surface area contributed by atoms with Gasteiger partial charge in [-0.15, -0.1) is 0 Å². The van der Waals surface area contributed by atoms with Crippen molar-refractivity contribution in [3.63, 3.8) is 0 Å². The van der Waals surface area contributed by atoms with Crippen molar-refractivity contribution in [2.24, 2.45) is 0 Å². The summed E-state index contributed by atoms with van der Waals surface area (Å²) in [6.45, 7) is 2.34. The monoisotopic (exact) mass is 468 g/mol. The molecule has 0 spiro atoms. The van der Waals surface area contributed by atoms with Crippen molar-refractivity contribution in [2.45, 2.75) is 6.92 Å². The molecular formula is C27H24Sn. The first-order valence-electron chi connectivity index (χ1n) is 9.72. The summed E-state index contributed by atoms with van der Waals surface area (Å²) in [6.07, 6.45) is 2.41. The Morgan fingerprint density at radius 2 is 0.821 bits per heavy atom. The molecule has 0 aliphatic heterocycles. The van der Waals surface area contributed by atoms with Gasteiger partial charge in [0, 0.05) is 0 Å². The fourth-order valence-corrected chi connectivity index (χ4v) is 17.9. The molecule has 0 N–H and O–H groups in total. The van der Waals surface area contributed by atoms with Crippen molar-refractivity contribution < 1.29 is 0 Å². The topological polar surface area (TPSA) is 0 Å². The van der Waals surface area contributed by atoms with Crippen LogP contribution in [0, 0.1) is 0 Å². The molecule has 4 rings (SSSR count). The van der Waals surface area contributed by atoms with E-state index >= 15 is 0 Å². The van der Waals surface area contributed by atoms with Gasteiger partial charge in [0.15, 0.2) is 0 Å². The van der Waals surface area contributed by atoms with Crippen LogP contribution in [0.3, 0.4) is 0 Å². The fourth-order valence-electron chi connectivity index (χ4n) is 4.15. The van der Waals surface area contributed by atoms with Gasteiger partial charge in [0.25, 0.3) is 0 Å². The summed E-state index contributed by atoms with van der Waals surface area (Å²) in [6, 6.07) is 44.1. The van der Waals surface area contributed by atoms with Crippen molar-refractivity contribution in [3.05, 3.63) is 130 Å². The predicted octanol–water partition coefficient (Wildman–Crippen LogP) is 4.80. The van der Waals surface area contributed by atoms with Crippen LogP contribution in [-0.2, 0) is 0 Å². The van der Waals surface area contributed by atoms with Crippen LogP contribution in [0.15, 0.2) is 125 Å². The molecule has 0 unspecified atom stereocenters. The molecule has 0 atom stereocenters. The van der Waals surface area contributed by atoms with E-state index in [1.165, 1.54) is 19.9 Å². The molecule has 0 fully saturated rings. The fraction of sp³-hybridized carbons (Fsp3) is 0.0370. The first-order valence-corrected chi connectivity index (χ1v) is 15.4. The predicted molar refractivity (Wildman–Crippen MR) is 124 cm³/mol. The third kappa shape index (κ3) is 3.57. The van der Waals surface area contributed by atoms with Crippen LogP contribution in [-0.4, -0.2) is 18.4 Å². The zero-order valence-electron chi connectivity index (χ0n) is 16.1. The summed E-state index contributed by atoms with van der Waals surface area (Å²) in [5.41, 5.74) is 1.27. The summed E-state index contributed by atoms with van der Waals surface area (Å²) < 4.78 is 5.96. The molecule has 4 aromatic carbocycles. The van der Waals surface area contributed by atoms with Crippen LogP contribution in [0.25, 0.3) is 6.08 Å². The molecule has 1 heteroatoms. The molecule has 0 radical (unpaired) electrons. The summed E-state index contributed by atoms with van der Waals surface area (Å²) in [7, 11) is 0. The van der Waals surface area contributed by atoms with E-state index < -0.39 is 18.4 Å². The van der Waals surface area contributed by atoms with Gasteiger partial charge in [0.05, 0.1) is 0 Å². The molecule has 0 aromatic heterocycles. The van der Waals surface area contributed by atoms with E-state index in [0.717, 1.165) is 0 Å².